The molecule has 71 heavy (non-hydrogen) atoms. The van der Waals surface area contributed by atoms with E-state index in [-0.39, 0.29) is 41.0 Å². The number of H-pyrrole nitrogens is 1. The Balaban J connectivity index is 0.000000195. The van der Waals surface area contributed by atoms with E-state index in [1.54, 1.807) is 24.3 Å². The molecule has 0 bridgehead atoms. The highest BCUT2D eigenvalue weighted by Gasteiger charge is 2.51. The van der Waals surface area contributed by atoms with Gasteiger partial charge in [-0.1, -0.05) is 185 Å². The Bertz CT molecular complexity index is 2980. The highest BCUT2D eigenvalue weighted by atomic mass is 127. The molecule has 0 radical (unpaired) electrons. The fourth-order valence-electron chi connectivity index (χ4n) is 8.58. The zero-order valence-corrected chi connectivity index (χ0v) is 45.5. The minimum Gasteiger partial charge on any atom is -0.481 e. The first-order valence-electron chi connectivity index (χ1n) is 23.1. The molecule has 17 heteroatoms. The average Bonchev–Trinajstić information content (AvgIpc) is 3.38. The van der Waals surface area contributed by atoms with Gasteiger partial charge in [0.25, 0.3) is 27.8 Å². The molecule has 4 heterocycles. The van der Waals surface area contributed by atoms with E-state index in [1.807, 2.05) is 72.8 Å². The number of hydrogen-bond donors (Lipinski definition) is 1. The highest BCUT2D eigenvalue weighted by Crippen LogP contribution is 2.38. The van der Waals surface area contributed by atoms with Gasteiger partial charge in [0, 0.05) is 16.6 Å². The number of benzene rings is 4. The van der Waals surface area contributed by atoms with E-state index >= 15 is 4.39 Å². The number of hydrogen-bond acceptors (Lipinski definition) is 10. The van der Waals surface area contributed by atoms with E-state index in [0.717, 1.165) is 10.4 Å². The van der Waals surface area contributed by atoms with Crippen molar-refractivity contribution in [2.24, 2.45) is 0 Å². The lowest BCUT2D eigenvalue weighted by molar-refractivity contribution is 0.170. The molecule has 0 aliphatic heterocycles. The smallest absolute Gasteiger partial charge is 0.270 e. The monoisotopic (exact) mass is 1110 g/mol. The van der Waals surface area contributed by atoms with Crippen LogP contribution in [0.15, 0.2) is 168 Å². The van der Waals surface area contributed by atoms with Gasteiger partial charge in [0.15, 0.2) is 11.3 Å². The fraction of sp³-hybridized carbons (Fsp3) is 0.296. The largest absolute Gasteiger partial charge is 0.481 e. The van der Waals surface area contributed by atoms with Crippen molar-refractivity contribution in [3.63, 3.8) is 0 Å². The summed E-state index contributed by atoms with van der Waals surface area (Å²) in [6, 6.07) is 47.6. The number of aromatic nitrogens is 6. The van der Waals surface area contributed by atoms with Crippen molar-refractivity contribution < 1.29 is 27.1 Å². The first-order chi connectivity index (χ1) is 34.0. The predicted molar refractivity (Wildman–Crippen MR) is 293 cm³/mol. The van der Waals surface area contributed by atoms with Crippen molar-refractivity contribution >= 4 is 82.3 Å². The zero-order chi connectivity index (χ0) is 51.2. The second-order valence-corrected chi connectivity index (χ2v) is 28.2. The molecule has 0 fully saturated rings. The van der Waals surface area contributed by atoms with Gasteiger partial charge in [-0.15, -0.1) is 0 Å². The Morgan fingerprint density at radius 2 is 0.986 bits per heavy atom. The minimum atomic E-state index is -2.89. The van der Waals surface area contributed by atoms with Crippen LogP contribution in [-0.4, -0.2) is 90.3 Å². The second kappa shape index (κ2) is 24.4. The van der Waals surface area contributed by atoms with Crippen molar-refractivity contribution in [1.82, 2.24) is 29.5 Å². The second-order valence-electron chi connectivity index (χ2n) is 18.7. The summed E-state index contributed by atoms with van der Waals surface area (Å²) >= 11 is 2.08. The molecule has 4 aromatic heterocycles. The van der Waals surface area contributed by atoms with E-state index in [1.165, 1.54) is 41.6 Å². The molecule has 8 aromatic rings. The van der Waals surface area contributed by atoms with Crippen molar-refractivity contribution in [3.8, 4) is 11.8 Å². The molecule has 12 nitrogen and oxygen atoms in total. The van der Waals surface area contributed by atoms with E-state index in [9.17, 15) is 14.0 Å². The molecule has 0 spiro atoms. The van der Waals surface area contributed by atoms with Crippen LogP contribution in [0.2, 0.25) is 10.1 Å². The average molecular weight is 1110 g/mol. The number of fused-ring (bicyclic) bond motifs is 2. The lowest BCUT2D eigenvalue weighted by atomic mass is 10.2. The third kappa shape index (κ3) is 12.9. The number of rotatable bonds is 15. The summed E-state index contributed by atoms with van der Waals surface area (Å²) in [5, 5.41) is 4.16. The molecule has 4 aromatic carbocycles. The summed E-state index contributed by atoms with van der Waals surface area (Å²) in [5.41, 5.74) is 1.15. The van der Waals surface area contributed by atoms with Crippen LogP contribution < -0.4 is 41.3 Å². The summed E-state index contributed by atoms with van der Waals surface area (Å²) in [7, 11) is -2.45. The summed E-state index contributed by atoms with van der Waals surface area (Å²) < 4.78 is 54.6. The van der Waals surface area contributed by atoms with E-state index < -0.39 is 34.5 Å². The standard InChI is InChI=1S/C27H30FN3O3Si.C19H24FIOSi.C8H7N3O2/c1-27(2,3)35(21-11-7-5-8-12-21,22-13-9-6-10-14-22)34-19-20(28)18-31-25(32)17-29-23-15-16-24(33-4)30-26(23)31;1-19(2,3)23(22-15-16(20)14-21,17-10-6-4-7-11-17)18-12-8-5-9-13-18;1-13-7-3-2-5-8(11-7)10-6(12)4-9-5/h5-17,20H,18-19H2,1-4H3;4-13,16H,14-15H2,1-3H3;2-4H,1H3,(H,10,11,12). The molecule has 2 atom stereocenters. The third-order valence-electron chi connectivity index (χ3n) is 11.8. The number of methoxy groups -OCH3 is 2. The van der Waals surface area contributed by atoms with Crippen LogP contribution in [0.4, 0.5) is 8.78 Å². The van der Waals surface area contributed by atoms with E-state index in [4.69, 9.17) is 18.3 Å². The number of pyridine rings is 2. The van der Waals surface area contributed by atoms with Gasteiger partial charge in [0.2, 0.25) is 11.8 Å². The Hall–Kier alpha value is -6.00. The Labute approximate surface area is 429 Å². The molecule has 0 aliphatic rings. The molecule has 1 N–H and O–H groups in total. The molecule has 0 saturated carbocycles. The zero-order valence-electron chi connectivity index (χ0n) is 41.3. The Morgan fingerprint density at radius 3 is 1.41 bits per heavy atom. The number of nitrogens with one attached hydrogen (secondary N) is 1. The topological polar surface area (TPSA) is 143 Å². The molecular weight excluding hydrogens is 1050 g/mol. The predicted octanol–water partition coefficient (Wildman–Crippen LogP) is 8.38. The van der Waals surface area contributed by atoms with Crippen LogP contribution in [0.25, 0.3) is 22.3 Å². The van der Waals surface area contributed by atoms with Gasteiger partial charge < -0.3 is 23.3 Å². The maximum Gasteiger partial charge on any atom is 0.270 e. The van der Waals surface area contributed by atoms with Crippen molar-refractivity contribution in [3.05, 3.63) is 179 Å². The number of aromatic amines is 1. The maximum absolute atomic E-state index is 15.6. The molecular formula is C54H61F2IN6O6Si2. The van der Waals surface area contributed by atoms with E-state index in [2.05, 4.69) is 138 Å². The van der Waals surface area contributed by atoms with Crippen LogP contribution >= 0.6 is 22.6 Å². The summed E-state index contributed by atoms with van der Waals surface area (Å²) in [4.78, 5) is 42.4. The molecule has 0 saturated heterocycles. The molecule has 0 aliphatic carbocycles. The first kappa shape index (κ1) is 54.3. The highest BCUT2D eigenvalue weighted by molar-refractivity contribution is 14.1. The van der Waals surface area contributed by atoms with Gasteiger partial charge in [-0.2, -0.15) is 9.97 Å². The quantitative estimate of drug-likeness (QED) is 0.0605. The summed E-state index contributed by atoms with van der Waals surface area (Å²) in [5.74, 6) is 0.786. The maximum atomic E-state index is 15.6. The van der Waals surface area contributed by atoms with Gasteiger partial charge in [-0.05, 0) is 43.0 Å². The summed E-state index contributed by atoms with van der Waals surface area (Å²) in [6.45, 7) is 12.8. The van der Waals surface area contributed by atoms with Crippen LogP contribution in [0.1, 0.15) is 41.5 Å². The van der Waals surface area contributed by atoms with E-state index in [0.29, 0.717) is 32.9 Å². The summed E-state index contributed by atoms with van der Waals surface area (Å²) in [6.07, 6.45) is 0.0353. The lowest BCUT2D eigenvalue weighted by Gasteiger charge is -2.43. The number of halogens is 3. The van der Waals surface area contributed by atoms with Gasteiger partial charge in [-0.25, -0.2) is 18.7 Å². The Morgan fingerprint density at radius 1 is 0.577 bits per heavy atom. The minimum absolute atomic E-state index is 0.0965. The Kier molecular flexibility index (Phi) is 18.7. The third-order valence-corrected chi connectivity index (χ3v) is 22.8. The molecule has 372 valence electrons. The lowest BCUT2D eigenvalue weighted by Crippen LogP contribution is -2.67. The number of ether oxygens (including phenoxy) is 2. The van der Waals surface area contributed by atoms with Gasteiger partial charge in [-0.3, -0.25) is 14.2 Å². The van der Waals surface area contributed by atoms with Crippen molar-refractivity contribution in [1.29, 1.82) is 0 Å². The first-order valence-corrected chi connectivity index (χ1v) is 28.5. The van der Waals surface area contributed by atoms with Gasteiger partial charge in [0.05, 0.1) is 46.4 Å². The van der Waals surface area contributed by atoms with Crippen LogP contribution in [-0.2, 0) is 15.4 Å². The number of alkyl halides is 3. The van der Waals surface area contributed by atoms with Crippen molar-refractivity contribution in [2.45, 2.75) is 70.5 Å². The van der Waals surface area contributed by atoms with Crippen molar-refractivity contribution in [2.75, 3.05) is 31.9 Å². The molecule has 2 unspecified atom stereocenters. The van der Waals surface area contributed by atoms with Gasteiger partial charge in [0.1, 0.15) is 23.4 Å². The number of nitrogens with zero attached hydrogens (tertiary/aromatic N) is 5. The molecule has 8 rings (SSSR count). The van der Waals surface area contributed by atoms with Crippen LogP contribution in [0.3, 0.4) is 0 Å². The molecule has 0 amide bonds. The normalized spacial score (nSPS) is 12.8. The SMILES string of the molecule is CC(C)(C)[Si](OCC(F)CI)(c1ccccc1)c1ccccc1.COc1ccc2ncc(=O)[nH]c2n1.COc1ccc2ncc(=O)n(CC(F)CO[Si](c3ccccc3)(c3ccccc3)C(C)(C)C)c2n1. The van der Waals surface area contributed by atoms with Crippen LogP contribution in [0, 0.1) is 0 Å². The van der Waals surface area contributed by atoms with Crippen LogP contribution in [0.5, 0.6) is 11.8 Å². The van der Waals surface area contributed by atoms with Gasteiger partial charge >= 0.3 is 0 Å². The fourth-order valence-corrected chi connectivity index (χ4v) is 18.0.